The van der Waals surface area contributed by atoms with Crippen LogP contribution in [0.15, 0.2) is 46.4 Å². The van der Waals surface area contributed by atoms with E-state index in [0.29, 0.717) is 6.42 Å². The lowest BCUT2D eigenvalue weighted by Gasteiger charge is -2.22. The van der Waals surface area contributed by atoms with Crippen molar-refractivity contribution in [1.82, 2.24) is 0 Å². The van der Waals surface area contributed by atoms with Gasteiger partial charge >= 0.3 is 11.8 Å². The summed E-state index contributed by atoms with van der Waals surface area (Å²) in [4.78, 5) is 31.0. The van der Waals surface area contributed by atoms with Gasteiger partial charge in [0.1, 0.15) is 12.1 Å². The molecule has 7 nitrogen and oxygen atoms in total. The van der Waals surface area contributed by atoms with Crippen LogP contribution in [0.4, 0.5) is 0 Å². The minimum absolute atomic E-state index is 0.251. The van der Waals surface area contributed by atoms with Crippen molar-refractivity contribution in [2.45, 2.75) is 84.2 Å². The van der Waals surface area contributed by atoms with Gasteiger partial charge in [0.15, 0.2) is 0 Å². The number of hydrogen-bond donors (Lipinski definition) is 0. The number of carbonyl (C=O) groups excluding carboxylic acids is 1. The zero-order valence-electron chi connectivity index (χ0n) is 19.2. The maximum Gasteiger partial charge on any atom is 0.378 e. The van der Waals surface area contributed by atoms with E-state index >= 15 is 0 Å². The van der Waals surface area contributed by atoms with Crippen molar-refractivity contribution in [3.05, 3.63) is 46.6 Å². The third kappa shape index (κ3) is 10.3. The lowest BCUT2D eigenvalue weighted by atomic mass is 9.90. The Bertz CT molecular complexity index is 710. The minimum Gasteiger partial charge on any atom is -0.466 e. The third-order valence-electron chi connectivity index (χ3n) is 5.08. The molecule has 2 unspecified atom stereocenters. The summed E-state index contributed by atoms with van der Waals surface area (Å²) < 4.78 is 5.16. The van der Waals surface area contributed by atoms with E-state index in [2.05, 4.69) is 53.4 Å². The minimum atomic E-state index is -1.18. The summed E-state index contributed by atoms with van der Waals surface area (Å²) in [7, 11) is 0. The number of hydrogen-bond acceptors (Lipinski definition) is 6. The van der Waals surface area contributed by atoms with E-state index in [1.165, 1.54) is 19.3 Å². The largest absolute Gasteiger partial charge is 0.466 e. The van der Waals surface area contributed by atoms with E-state index in [1.54, 1.807) is 13.8 Å². The highest BCUT2D eigenvalue weighted by Crippen LogP contribution is 2.32. The fraction of sp³-hybridized carbons (Fsp3) is 0.625. The molecule has 1 aliphatic heterocycles. The fourth-order valence-corrected chi connectivity index (χ4v) is 3.32. The Morgan fingerprint density at radius 3 is 2.26 bits per heavy atom. The number of carbonyl (C=O) groups is 1. The van der Waals surface area contributed by atoms with Crippen LogP contribution in [0.3, 0.4) is 0 Å². The molecular formula is C24H37N3O4. The standard InChI is InChI=1S/C24H37N3O4/c1-4-6-7-8-9-10-11-12-13-14-15-16-17-18-19-21(23(28)31-5-2)24(3)25-20-22(26-24)27(29)30/h9-10,12-13,15-16,20-21H,4-8,11,14,17-19H2,1-3H3. The van der Waals surface area contributed by atoms with E-state index in [-0.39, 0.29) is 12.4 Å². The number of rotatable bonds is 15. The molecule has 0 radical (unpaired) electrons. The molecule has 172 valence electrons. The Kier molecular flexibility index (Phi) is 13.0. The molecule has 2 atom stereocenters. The second-order valence-electron chi connectivity index (χ2n) is 7.70. The molecule has 0 aromatic heterocycles. The Labute approximate surface area is 186 Å². The zero-order valence-corrected chi connectivity index (χ0v) is 19.2. The van der Waals surface area contributed by atoms with Crippen molar-refractivity contribution >= 4 is 18.0 Å². The molecule has 0 aromatic rings. The molecule has 0 aromatic carbocycles. The average molecular weight is 432 g/mol. The highest BCUT2D eigenvalue weighted by atomic mass is 16.6. The average Bonchev–Trinajstić information content (AvgIpc) is 3.14. The molecule has 0 amide bonds. The summed E-state index contributed by atoms with van der Waals surface area (Å²) >= 11 is 0. The molecule has 1 aliphatic rings. The zero-order chi connectivity index (χ0) is 23.0. The van der Waals surface area contributed by atoms with Crippen LogP contribution in [-0.4, -0.2) is 35.2 Å². The highest BCUT2D eigenvalue weighted by molar-refractivity contribution is 6.26. The number of ether oxygens (including phenoxy) is 1. The Morgan fingerprint density at radius 1 is 1.10 bits per heavy atom. The second kappa shape index (κ2) is 15.3. The van der Waals surface area contributed by atoms with Gasteiger partial charge in [-0.2, -0.15) is 0 Å². The van der Waals surface area contributed by atoms with Crippen LogP contribution >= 0.6 is 0 Å². The van der Waals surface area contributed by atoms with E-state index in [1.807, 2.05) is 0 Å². The van der Waals surface area contributed by atoms with Gasteiger partial charge in [0.05, 0.1) is 6.61 Å². The Hall–Kier alpha value is -2.57. The van der Waals surface area contributed by atoms with Crippen molar-refractivity contribution in [2.24, 2.45) is 15.9 Å². The maximum absolute atomic E-state index is 12.4. The number of nitro groups is 1. The van der Waals surface area contributed by atoms with Crippen LogP contribution in [0.5, 0.6) is 0 Å². The highest BCUT2D eigenvalue weighted by Gasteiger charge is 2.48. The number of unbranched alkanes of at least 4 members (excludes halogenated alkanes) is 4. The second-order valence-corrected chi connectivity index (χ2v) is 7.70. The van der Waals surface area contributed by atoms with Crippen LogP contribution in [0, 0.1) is 16.0 Å². The molecule has 0 fully saturated rings. The first kappa shape index (κ1) is 26.5. The topological polar surface area (TPSA) is 94.2 Å². The van der Waals surface area contributed by atoms with Gasteiger partial charge in [-0.25, -0.2) is 4.99 Å². The van der Waals surface area contributed by atoms with Crippen LogP contribution in [0.1, 0.15) is 78.6 Å². The van der Waals surface area contributed by atoms with Crippen LogP contribution < -0.4 is 0 Å². The lowest BCUT2D eigenvalue weighted by molar-refractivity contribution is -0.345. The summed E-state index contributed by atoms with van der Waals surface area (Å²) in [5.74, 6) is -1.37. The van der Waals surface area contributed by atoms with Crippen LogP contribution in [0.2, 0.25) is 0 Å². The van der Waals surface area contributed by atoms with Gasteiger partial charge in [-0.15, -0.1) is 0 Å². The molecule has 0 saturated carbocycles. The quantitative estimate of drug-likeness (QED) is 0.107. The smallest absolute Gasteiger partial charge is 0.378 e. The van der Waals surface area contributed by atoms with Crippen molar-refractivity contribution in [3.8, 4) is 0 Å². The molecular weight excluding hydrogens is 394 g/mol. The third-order valence-corrected chi connectivity index (χ3v) is 5.08. The summed E-state index contributed by atoms with van der Waals surface area (Å²) in [6.45, 7) is 5.84. The first-order valence-corrected chi connectivity index (χ1v) is 11.4. The van der Waals surface area contributed by atoms with E-state index < -0.39 is 22.5 Å². The van der Waals surface area contributed by atoms with Gasteiger partial charge < -0.3 is 14.9 Å². The molecule has 0 bridgehead atoms. The number of allylic oxidation sites excluding steroid dienone is 6. The molecule has 7 heteroatoms. The molecule has 0 spiro atoms. The summed E-state index contributed by atoms with van der Waals surface area (Å²) in [5, 5.41) is 11.0. The van der Waals surface area contributed by atoms with Crippen molar-refractivity contribution < 1.29 is 14.5 Å². The SMILES string of the molecule is CCCCCC=CCC=CCC=CCCCC(C(=O)OCC)C1(C)N=CC([N+](=O)[O-])=N1. The number of nitrogens with zero attached hydrogens (tertiary/aromatic N) is 3. The Morgan fingerprint density at radius 2 is 1.71 bits per heavy atom. The summed E-state index contributed by atoms with van der Waals surface area (Å²) in [6.07, 6.45) is 23.0. The van der Waals surface area contributed by atoms with Gasteiger partial charge in [-0.1, -0.05) is 56.2 Å². The first-order valence-electron chi connectivity index (χ1n) is 11.4. The van der Waals surface area contributed by atoms with E-state index in [0.717, 1.165) is 38.3 Å². The molecule has 0 N–H and O–H groups in total. The number of amidine groups is 1. The van der Waals surface area contributed by atoms with Gasteiger partial charge in [-0.3, -0.25) is 4.79 Å². The number of esters is 1. The van der Waals surface area contributed by atoms with Gasteiger partial charge in [0, 0.05) is 6.92 Å². The Balaban J connectivity index is 2.39. The van der Waals surface area contributed by atoms with E-state index in [4.69, 9.17) is 4.74 Å². The molecule has 0 aliphatic carbocycles. The molecule has 1 rings (SSSR count). The van der Waals surface area contributed by atoms with E-state index in [9.17, 15) is 14.9 Å². The van der Waals surface area contributed by atoms with Crippen LogP contribution in [0.25, 0.3) is 0 Å². The van der Waals surface area contributed by atoms with Gasteiger partial charge in [0.25, 0.3) is 5.66 Å². The van der Waals surface area contributed by atoms with Crippen molar-refractivity contribution in [3.63, 3.8) is 0 Å². The molecule has 0 saturated heterocycles. The predicted molar refractivity (Wildman–Crippen MR) is 126 cm³/mol. The lowest BCUT2D eigenvalue weighted by Crippen LogP contribution is -2.37. The monoisotopic (exact) mass is 431 g/mol. The van der Waals surface area contributed by atoms with Crippen LogP contribution in [-0.2, 0) is 9.53 Å². The fourth-order valence-electron chi connectivity index (χ4n) is 3.32. The van der Waals surface area contributed by atoms with Crippen molar-refractivity contribution in [2.75, 3.05) is 6.61 Å². The van der Waals surface area contributed by atoms with Crippen molar-refractivity contribution in [1.29, 1.82) is 0 Å². The first-order chi connectivity index (χ1) is 14.9. The summed E-state index contributed by atoms with van der Waals surface area (Å²) in [6, 6.07) is 0. The normalized spacial score (nSPS) is 19.5. The number of aliphatic imine (C=N–C) groups is 2. The maximum atomic E-state index is 12.4. The summed E-state index contributed by atoms with van der Waals surface area (Å²) in [5.41, 5.74) is -1.18. The van der Waals surface area contributed by atoms with Gasteiger partial charge in [-0.05, 0) is 61.8 Å². The molecule has 31 heavy (non-hydrogen) atoms. The predicted octanol–water partition coefficient (Wildman–Crippen LogP) is 5.84. The van der Waals surface area contributed by atoms with Gasteiger partial charge in [0.2, 0.25) is 0 Å². The molecule has 1 heterocycles.